The Balaban J connectivity index is 3.26. The van der Waals surface area contributed by atoms with Gasteiger partial charge in [0.15, 0.2) is 0 Å². The van der Waals surface area contributed by atoms with Crippen molar-refractivity contribution in [1.29, 1.82) is 0 Å². The molecule has 6 heteroatoms. The minimum Gasteiger partial charge on any atom is -0.396 e. The first-order valence-electron chi connectivity index (χ1n) is 8.63. The summed E-state index contributed by atoms with van der Waals surface area (Å²) in [5.74, 6) is 0.369. The smallest absolute Gasteiger partial charge is 0.371 e. The summed E-state index contributed by atoms with van der Waals surface area (Å²) in [5.41, 5.74) is 6.01. The molecule has 1 rings (SSSR count). The summed E-state index contributed by atoms with van der Waals surface area (Å²) in [4.78, 5) is 0. The topological polar surface area (TPSA) is 65.7 Å². The number of nitrogens with two attached hydrogens (primary N) is 1. The highest BCUT2D eigenvalue weighted by Gasteiger charge is 2.64. The molecule has 0 radical (unpaired) electrons. The molecule has 0 saturated carbocycles. The molecule has 1 aliphatic rings. The zero-order valence-electron chi connectivity index (χ0n) is 15.3. The van der Waals surface area contributed by atoms with Crippen molar-refractivity contribution in [3.8, 4) is 0 Å². The van der Waals surface area contributed by atoms with Gasteiger partial charge in [-0.2, -0.15) is 0 Å². The molecule has 132 valence electrons. The Labute approximate surface area is 137 Å². The monoisotopic (exact) mass is 332 g/mol. The van der Waals surface area contributed by atoms with E-state index in [9.17, 15) is 0 Å². The zero-order chi connectivity index (χ0) is 16.8. The lowest BCUT2D eigenvalue weighted by molar-refractivity contribution is -0.0659. The van der Waals surface area contributed by atoms with E-state index in [1.54, 1.807) is 14.2 Å². The maximum Gasteiger partial charge on any atom is 0.371 e. The van der Waals surface area contributed by atoms with Crippen LogP contribution in [0.5, 0.6) is 0 Å². The van der Waals surface area contributed by atoms with Crippen LogP contribution in [-0.4, -0.2) is 47.3 Å². The van der Waals surface area contributed by atoms with Crippen LogP contribution in [0.4, 0.5) is 0 Å². The molecule has 1 aliphatic heterocycles. The molecule has 1 heterocycles. The van der Waals surface area contributed by atoms with E-state index in [4.69, 9.17) is 19.3 Å². The van der Waals surface area contributed by atoms with E-state index in [1.807, 2.05) is 14.0 Å². The van der Waals surface area contributed by atoms with E-state index in [1.165, 1.54) is 0 Å². The van der Waals surface area contributed by atoms with Crippen LogP contribution in [0.2, 0.25) is 6.04 Å². The van der Waals surface area contributed by atoms with Gasteiger partial charge in [-0.05, 0) is 32.2 Å². The zero-order valence-corrected chi connectivity index (χ0v) is 16.3. The third-order valence-electron chi connectivity index (χ3n) is 5.31. The van der Waals surface area contributed by atoms with Crippen molar-refractivity contribution in [2.75, 3.05) is 21.3 Å². The molecule has 0 aromatic rings. The summed E-state index contributed by atoms with van der Waals surface area (Å²) >= 11 is 0. The highest BCUT2D eigenvalue weighted by atomic mass is 28.4. The standard InChI is InChI=1S/C16H36N2O3Si/c1-7-11-16(19-4)14(15(8-2)18-13(3)17)10-9-12-22(16,20-5)21-6/h13-15,18H,7-12,17H2,1-6H3. The average molecular weight is 333 g/mol. The normalized spacial score (nSPS) is 31.0. The molecule has 0 bridgehead atoms. The third-order valence-corrected chi connectivity index (χ3v) is 9.76. The highest BCUT2D eigenvalue weighted by Crippen LogP contribution is 2.48. The summed E-state index contributed by atoms with van der Waals surface area (Å²) < 4.78 is 18.3. The van der Waals surface area contributed by atoms with Gasteiger partial charge in [0.2, 0.25) is 0 Å². The fraction of sp³-hybridized carbons (Fsp3) is 1.00. The van der Waals surface area contributed by atoms with Gasteiger partial charge in [0.1, 0.15) is 5.22 Å². The van der Waals surface area contributed by atoms with E-state index < -0.39 is 8.56 Å². The fourth-order valence-corrected chi connectivity index (χ4v) is 8.66. The summed E-state index contributed by atoms with van der Waals surface area (Å²) in [7, 11) is 2.98. The lowest BCUT2D eigenvalue weighted by atomic mass is 9.84. The van der Waals surface area contributed by atoms with Crippen molar-refractivity contribution in [2.45, 2.75) is 76.4 Å². The largest absolute Gasteiger partial charge is 0.396 e. The first-order valence-corrected chi connectivity index (χ1v) is 10.7. The molecule has 0 aromatic carbocycles. The highest BCUT2D eigenvalue weighted by molar-refractivity contribution is 6.70. The first-order chi connectivity index (χ1) is 10.5. The Morgan fingerprint density at radius 1 is 1.27 bits per heavy atom. The maximum atomic E-state index is 6.22. The summed E-state index contributed by atoms with van der Waals surface area (Å²) in [6.07, 6.45) is 5.29. The number of hydrogen-bond donors (Lipinski definition) is 2. The lowest BCUT2D eigenvalue weighted by Crippen LogP contribution is -2.71. The van der Waals surface area contributed by atoms with Crippen molar-refractivity contribution in [3.05, 3.63) is 0 Å². The Bertz CT molecular complexity index is 327. The summed E-state index contributed by atoms with van der Waals surface area (Å²) in [6.45, 7) is 6.41. The van der Waals surface area contributed by atoms with Gasteiger partial charge in [0.05, 0.1) is 6.17 Å². The molecule has 1 fully saturated rings. The molecule has 0 aromatic heterocycles. The third kappa shape index (κ3) is 3.57. The number of rotatable bonds is 9. The van der Waals surface area contributed by atoms with Gasteiger partial charge in [-0.3, -0.25) is 5.32 Å². The van der Waals surface area contributed by atoms with Crippen LogP contribution in [0.1, 0.15) is 52.9 Å². The summed E-state index contributed by atoms with van der Waals surface area (Å²) in [6, 6.07) is 1.32. The van der Waals surface area contributed by atoms with Gasteiger partial charge < -0.3 is 19.3 Å². The Hall–Kier alpha value is 0.0169. The second kappa shape index (κ2) is 8.75. The molecule has 1 saturated heterocycles. The maximum absolute atomic E-state index is 6.22. The molecule has 3 N–H and O–H groups in total. The molecular formula is C16H36N2O3Si. The number of methoxy groups -OCH3 is 1. The Morgan fingerprint density at radius 2 is 1.91 bits per heavy atom. The molecule has 5 nitrogen and oxygen atoms in total. The summed E-state index contributed by atoms with van der Waals surface area (Å²) in [5, 5.41) is 3.23. The van der Waals surface area contributed by atoms with E-state index >= 15 is 0 Å². The first kappa shape index (κ1) is 20.1. The number of nitrogens with one attached hydrogen (secondary N) is 1. The van der Waals surface area contributed by atoms with Crippen LogP contribution >= 0.6 is 0 Å². The van der Waals surface area contributed by atoms with Crippen LogP contribution in [0.25, 0.3) is 0 Å². The van der Waals surface area contributed by atoms with Gasteiger partial charge >= 0.3 is 8.56 Å². The molecule has 0 amide bonds. The molecule has 0 spiro atoms. The van der Waals surface area contributed by atoms with E-state index in [2.05, 4.69) is 19.2 Å². The van der Waals surface area contributed by atoms with Gasteiger partial charge in [-0.25, -0.2) is 0 Å². The Kier molecular flexibility index (Phi) is 7.98. The minimum atomic E-state index is -2.43. The van der Waals surface area contributed by atoms with Crippen LogP contribution in [0.15, 0.2) is 0 Å². The van der Waals surface area contributed by atoms with Crippen LogP contribution in [-0.2, 0) is 13.6 Å². The Morgan fingerprint density at radius 3 is 2.32 bits per heavy atom. The van der Waals surface area contributed by atoms with Crippen molar-refractivity contribution in [2.24, 2.45) is 11.7 Å². The molecular weight excluding hydrogens is 296 g/mol. The predicted octanol–water partition coefficient (Wildman–Crippen LogP) is 2.53. The number of ether oxygens (including phenoxy) is 1. The second-order valence-corrected chi connectivity index (χ2v) is 10.1. The predicted molar refractivity (Wildman–Crippen MR) is 92.8 cm³/mol. The molecule has 22 heavy (non-hydrogen) atoms. The quantitative estimate of drug-likeness (QED) is 0.502. The van der Waals surface area contributed by atoms with Gasteiger partial charge in [0.25, 0.3) is 0 Å². The average Bonchev–Trinajstić information content (AvgIpc) is 2.52. The van der Waals surface area contributed by atoms with Crippen molar-refractivity contribution < 1.29 is 13.6 Å². The van der Waals surface area contributed by atoms with E-state index in [0.29, 0.717) is 12.0 Å². The van der Waals surface area contributed by atoms with Gasteiger partial charge in [-0.15, -0.1) is 0 Å². The lowest BCUT2D eigenvalue weighted by Gasteiger charge is -2.54. The van der Waals surface area contributed by atoms with Crippen molar-refractivity contribution in [3.63, 3.8) is 0 Å². The van der Waals surface area contributed by atoms with Crippen LogP contribution in [0.3, 0.4) is 0 Å². The number of hydrogen-bond acceptors (Lipinski definition) is 5. The SMILES string of the molecule is CCCC1(OC)C(C(CC)NC(C)N)CCC[Si]1(OC)OC. The fourth-order valence-electron chi connectivity index (χ4n) is 4.45. The molecule has 4 atom stereocenters. The van der Waals surface area contributed by atoms with Crippen molar-refractivity contribution in [1.82, 2.24) is 5.32 Å². The van der Waals surface area contributed by atoms with Gasteiger partial charge in [0, 0.05) is 33.3 Å². The van der Waals surface area contributed by atoms with Crippen LogP contribution < -0.4 is 11.1 Å². The van der Waals surface area contributed by atoms with Gasteiger partial charge in [-0.1, -0.05) is 26.7 Å². The molecule has 4 unspecified atom stereocenters. The van der Waals surface area contributed by atoms with Crippen molar-refractivity contribution >= 4 is 8.56 Å². The second-order valence-electron chi connectivity index (χ2n) is 6.47. The van der Waals surface area contributed by atoms with Crippen LogP contribution in [0, 0.1) is 5.92 Å². The van der Waals surface area contributed by atoms with E-state index in [0.717, 1.165) is 38.1 Å². The minimum absolute atomic E-state index is 0.0239. The molecule has 0 aliphatic carbocycles. The van der Waals surface area contributed by atoms with E-state index in [-0.39, 0.29) is 11.4 Å².